The number of rotatable bonds is 11. The van der Waals surface area contributed by atoms with Crippen molar-refractivity contribution in [1.82, 2.24) is 10.6 Å². The van der Waals surface area contributed by atoms with E-state index in [-0.39, 0.29) is 0 Å². The van der Waals surface area contributed by atoms with Crippen LogP contribution in [0.4, 0.5) is 9.59 Å². The normalized spacial score (nSPS) is 16.2. The first-order chi connectivity index (χ1) is 13.7. The molecule has 4 atom stereocenters. The number of amides is 2. The number of ether oxygens (including phenoxy) is 2. The Bertz CT molecular complexity index is 476. The summed E-state index contributed by atoms with van der Waals surface area (Å²) < 4.78 is 10.6. The Kier molecular flexibility index (Phi) is 13.2. The van der Waals surface area contributed by atoms with Crippen molar-refractivity contribution in [1.29, 1.82) is 0 Å². The first-order valence-corrected chi connectivity index (χ1v) is 12.8. The van der Waals surface area contributed by atoms with Gasteiger partial charge in [-0.05, 0) is 78.4 Å². The molecule has 10 heteroatoms. The summed E-state index contributed by atoms with van der Waals surface area (Å²) in [4.78, 5) is 24.4. The van der Waals surface area contributed by atoms with Gasteiger partial charge in [0.1, 0.15) is 23.4 Å². The van der Waals surface area contributed by atoms with Crippen LogP contribution >= 0.6 is 23.5 Å². The van der Waals surface area contributed by atoms with E-state index in [1.54, 1.807) is 65.1 Å². The van der Waals surface area contributed by atoms with Crippen LogP contribution in [-0.2, 0) is 9.47 Å². The molecule has 0 saturated heterocycles. The third-order valence-electron chi connectivity index (χ3n) is 3.84. The predicted octanol–water partition coefficient (Wildman–Crippen LogP) is 3.00. The summed E-state index contributed by atoms with van der Waals surface area (Å²) in [6.07, 6.45) is 0.761. The average Bonchev–Trinajstić information content (AvgIpc) is 2.57. The molecule has 4 N–H and O–H groups in total. The van der Waals surface area contributed by atoms with Crippen molar-refractivity contribution in [3.05, 3.63) is 0 Å². The van der Waals surface area contributed by atoms with Gasteiger partial charge in [-0.1, -0.05) is 0 Å². The monoisotopic (exact) mass is 468 g/mol. The van der Waals surface area contributed by atoms with E-state index < -0.39 is 47.7 Å². The molecule has 2 amide bonds. The summed E-state index contributed by atoms with van der Waals surface area (Å²) in [5, 5.41) is 27.0. The first-order valence-electron chi connectivity index (χ1n) is 10.0. The van der Waals surface area contributed by atoms with Gasteiger partial charge in [0.2, 0.25) is 0 Å². The molecule has 0 aliphatic rings. The molecular weight excluding hydrogens is 428 g/mol. The molecule has 4 unspecified atom stereocenters. The SMILES string of the molecule is CSCCC(NC(=O)OC(C)(C)C)C(O)C(O)C(CCSC)NC(=O)OC(C)(C)C. The van der Waals surface area contributed by atoms with E-state index in [1.807, 2.05) is 12.5 Å². The molecule has 0 aliphatic heterocycles. The van der Waals surface area contributed by atoms with Crippen molar-refractivity contribution in [2.75, 3.05) is 24.0 Å². The van der Waals surface area contributed by atoms with Crippen LogP contribution in [0.2, 0.25) is 0 Å². The molecule has 0 bridgehead atoms. The van der Waals surface area contributed by atoms with E-state index in [0.29, 0.717) is 24.3 Å². The van der Waals surface area contributed by atoms with Gasteiger partial charge < -0.3 is 30.3 Å². The molecule has 0 aromatic heterocycles. The summed E-state index contributed by atoms with van der Waals surface area (Å²) >= 11 is 3.12. The molecule has 0 heterocycles. The van der Waals surface area contributed by atoms with Gasteiger partial charge in [-0.2, -0.15) is 23.5 Å². The van der Waals surface area contributed by atoms with E-state index in [9.17, 15) is 19.8 Å². The summed E-state index contributed by atoms with van der Waals surface area (Å²) in [7, 11) is 0. The van der Waals surface area contributed by atoms with Crippen molar-refractivity contribution in [2.45, 2.75) is 89.9 Å². The molecule has 0 saturated carbocycles. The first kappa shape index (κ1) is 29.2. The minimum Gasteiger partial charge on any atom is -0.444 e. The fraction of sp³-hybridized carbons (Fsp3) is 0.900. The molecule has 0 aliphatic carbocycles. The molecule has 0 aromatic carbocycles. The topological polar surface area (TPSA) is 117 Å². The number of hydrogen-bond acceptors (Lipinski definition) is 8. The Morgan fingerprint density at radius 2 is 1.07 bits per heavy atom. The molecule has 0 rings (SSSR count). The Morgan fingerprint density at radius 3 is 1.30 bits per heavy atom. The summed E-state index contributed by atoms with van der Waals surface area (Å²) in [6, 6.07) is -1.47. The quantitative estimate of drug-likeness (QED) is 0.366. The number of thioether (sulfide) groups is 2. The zero-order valence-corrected chi connectivity index (χ0v) is 21.1. The van der Waals surface area contributed by atoms with Gasteiger partial charge in [0.05, 0.1) is 12.1 Å². The van der Waals surface area contributed by atoms with Crippen LogP contribution in [0.3, 0.4) is 0 Å². The maximum atomic E-state index is 12.2. The van der Waals surface area contributed by atoms with Crippen LogP contribution in [0.5, 0.6) is 0 Å². The lowest BCUT2D eigenvalue weighted by Crippen LogP contribution is -2.57. The van der Waals surface area contributed by atoms with Crippen molar-refractivity contribution < 1.29 is 29.3 Å². The van der Waals surface area contributed by atoms with Crippen LogP contribution < -0.4 is 10.6 Å². The van der Waals surface area contributed by atoms with E-state index in [2.05, 4.69) is 10.6 Å². The van der Waals surface area contributed by atoms with Gasteiger partial charge in [0.25, 0.3) is 0 Å². The number of nitrogens with one attached hydrogen (secondary N) is 2. The Balaban J connectivity index is 5.32. The fourth-order valence-corrected chi connectivity index (χ4v) is 3.52. The second-order valence-corrected chi connectivity index (χ2v) is 11.0. The molecule has 0 radical (unpaired) electrons. The molecular formula is C20H40N2O6S2. The van der Waals surface area contributed by atoms with Crippen LogP contribution in [0.1, 0.15) is 54.4 Å². The zero-order chi connectivity index (χ0) is 23.5. The van der Waals surface area contributed by atoms with Crippen LogP contribution in [0.25, 0.3) is 0 Å². The molecule has 30 heavy (non-hydrogen) atoms. The fourth-order valence-electron chi connectivity index (χ4n) is 2.54. The number of aliphatic hydroxyl groups excluding tert-OH is 2. The Hall–Kier alpha value is -0.840. The minimum absolute atomic E-state index is 0.431. The largest absolute Gasteiger partial charge is 0.444 e. The highest BCUT2D eigenvalue weighted by Gasteiger charge is 2.35. The second-order valence-electron chi connectivity index (χ2n) is 9.05. The summed E-state index contributed by atoms with van der Waals surface area (Å²) in [6.45, 7) is 10.5. The van der Waals surface area contributed by atoms with Crippen LogP contribution in [0.15, 0.2) is 0 Å². The summed E-state index contributed by atoms with van der Waals surface area (Å²) in [5.41, 5.74) is -1.37. The van der Waals surface area contributed by atoms with Crippen molar-refractivity contribution in [2.24, 2.45) is 0 Å². The number of carbonyl (C=O) groups is 2. The highest BCUT2D eigenvalue weighted by atomic mass is 32.2. The maximum Gasteiger partial charge on any atom is 0.407 e. The third-order valence-corrected chi connectivity index (χ3v) is 5.13. The van der Waals surface area contributed by atoms with Gasteiger partial charge in [0.15, 0.2) is 0 Å². The number of alkyl carbamates (subject to hydrolysis) is 2. The molecule has 0 spiro atoms. The van der Waals surface area contributed by atoms with Crippen LogP contribution in [0, 0.1) is 0 Å². The minimum atomic E-state index is -1.30. The van der Waals surface area contributed by atoms with E-state index in [1.165, 1.54) is 0 Å². The van der Waals surface area contributed by atoms with Gasteiger partial charge in [-0.15, -0.1) is 0 Å². The van der Waals surface area contributed by atoms with Crippen molar-refractivity contribution >= 4 is 35.7 Å². The van der Waals surface area contributed by atoms with E-state index >= 15 is 0 Å². The molecule has 0 aromatic rings. The number of carbonyl (C=O) groups excluding carboxylic acids is 2. The predicted molar refractivity (Wildman–Crippen MR) is 124 cm³/mol. The van der Waals surface area contributed by atoms with Gasteiger partial charge >= 0.3 is 12.2 Å². The standard InChI is InChI=1S/C20H40N2O6S2/c1-19(2,3)27-17(25)21-13(9-11-29-7)15(23)16(24)14(10-12-30-8)22-18(26)28-20(4,5)6/h13-16,23-24H,9-12H2,1-8H3,(H,21,25)(H,22,26). The maximum absolute atomic E-state index is 12.2. The highest BCUT2D eigenvalue weighted by molar-refractivity contribution is 7.98. The van der Waals surface area contributed by atoms with E-state index in [4.69, 9.17) is 9.47 Å². The molecule has 0 fully saturated rings. The second kappa shape index (κ2) is 13.5. The molecule has 178 valence electrons. The smallest absolute Gasteiger partial charge is 0.407 e. The average molecular weight is 469 g/mol. The number of aliphatic hydroxyl groups is 2. The van der Waals surface area contributed by atoms with E-state index in [0.717, 1.165) is 0 Å². The highest BCUT2D eigenvalue weighted by Crippen LogP contribution is 2.16. The lowest BCUT2D eigenvalue weighted by atomic mass is 9.96. The summed E-state index contributed by atoms with van der Waals surface area (Å²) in [5.74, 6) is 1.33. The Morgan fingerprint density at radius 1 is 0.767 bits per heavy atom. The third kappa shape index (κ3) is 13.5. The van der Waals surface area contributed by atoms with Crippen molar-refractivity contribution in [3.8, 4) is 0 Å². The van der Waals surface area contributed by atoms with Crippen LogP contribution in [-0.4, -0.2) is 81.9 Å². The van der Waals surface area contributed by atoms with Gasteiger partial charge in [-0.25, -0.2) is 9.59 Å². The van der Waals surface area contributed by atoms with Gasteiger partial charge in [-0.3, -0.25) is 0 Å². The lowest BCUT2D eigenvalue weighted by molar-refractivity contribution is -0.0302. The number of hydrogen-bond donors (Lipinski definition) is 4. The van der Waals surface area contributed by atoms with Gasteiger partial charge in [0, 0.05) is 0 Å². The Labute approximate surface area is 189 Å². The zero-order valence-electron chi connectivity index (χ0n) is 19.5. The molecule has 8 nitrogen and oxygen atoms in total. The lowest BCUT2D eigenvalue weighted by Gasteiger charge is -2.33. The van der Waals surface area contributed by atoms with Crippen molar-refractivity contribution in [3.63, 3.8) is 0 Å².